The summed E-state index contributed by atoms with van der Waals surface area (Å²) in [6.45, 7) is 2.90. The lowest BCUT2D eigenvalue weighted by molar-refractivity contribution is 1.19. The molecule has 0 unspecified atom stereocenters. The van der Waals surface area contributed by atoms with Crippen LogP contribution in [0.3, 0.4) is 0 Å². The summed E-state index contributed by atoms with van der Waals surface area (Å²) in [6, 6.07) is 9.73. The molecule has 0 saturated carbocycles. The third-order valence-corrected chi connectivity index (χ3v) is 3.50. The largest absolute Gasteiger partial charge is 0.397 e. The van der Waals surface area contributed by atoms with Gasteiger partial charge in [-0.15, -0.1) is 11.3 Å². The van der Waals surface area contributed by atoms with E-state index in [0.29, 0.717) is 10.7 Å². The Bertz CT molecular complexity index is 494. The summed E-state index contributed by atoms with van der Waals surface area (Å²) < 4.78 is 0. The van der Waals surface area contributed by atoms with Crippen molar-refractivity contribution in [1.82, 2.24) is 0 Å². The molecule has 0 saturated heterocycles. The van der Waals surface area contributed by atoms with Crippen molar-refractivity contribution in [2.24, 2.45) is 0 Å². The quantitative estimate of drug-likeness (QED) is 0.813. The summed E-state index contributed by atoms with van der Waals surface area (Å²) in [6.07, 6.45) is 0. The van der Waals surface area contributed by atoms with Crippen molar-refractivity contribution in [3.63, 3.8) is 0 Å². The van der Waals surface area contributed by atoms with E-state index in [4.69, 9.17) is 17.3 Å². The fourth-order valence-electron chi connectivity index (χ4n) is 1.46. The minimum absolute atomic E-state index is 0.662. The van der Waals surface area contributed by atoms with Crippen molar-refractivity contribution in [2.45, 2.75) is 13.5 Å². The molecular weight excluding hydrogens is 240 g/mol. The first-order chi connectivity index (χ1) is 7.65. The lowest BCUT2D eigenvalue weighted by Crippen LogP contribution is -2.00. The minimum Gasteiger partial charge on any atom is -0.397 e. The van der Waals surface area contributed by atoms with Crippen LogP contribution in [0.15, 0.2) is 30.3 Å². The molecule has 4 heteroatoms. The predicted octanol–water partition coefficient (Wildman–Crippen LogP) is 3.90. The molecule has 2 nitrogen and oxygen atoms in total. The van der Waals surface area contributed by atoms with Crippen LogP contribution in [0.1, 0.15) is 9.75 Å². The molecule has 0 aliphatic carbocycles. The molecule has 0 bridgehead atoms. The number of benzene rings is 1. The minimum atomic E-state index is 0.662. The van der Waals surface area contributed by atoms with Crippen molar-refractivity contribution in [1.29, 1.82) is 0 Å². The molecule has 2 aromatic rings. The lowest BCUT2D eigenvalue weighted by Gasteiger charge is -2.08. The van der Waals surface area contributed by atoms with Crippen LogP contribution in [0.5, 0.6) is 0 Å². The van der Waals surface area contributed by atoms with Crippen LogP contribution >= 0.6 is 22.9 Å². The summed E-state index contributed by atoms with van der Waals surface area (Å²) in [7, 11) is 0. The molecule has 1 aromatic carbocycles. The van der Waals surface area contributed by atoms with Gasteiger partial charge in [0, 0.05) is 21.3 Å². The van der Waals surface area contributed by atoms with Gasteiger partial charge in [0.2, 0.25) is 0 Å². The van der Waals surface area contributed by atoms with Crippen molar-refractivity contribution >= 4 is 34.3 Å². The second kappa shape index (κ2) is 4.76. The average Bonchev–Trinajstić information content (AvgIpc) is 2.63. The molecule has 0 fully saturated rings. The maximum absolute atomic E-state index is 5.85. The highest BCUT2D eigenvalue weighted by molar-refractivity contribution is 7.11. The van der Waals surface area contributed by atoms with Gasteiger partial charge < -0.3 is 11.1 Å². The highest BCUT2D eigenvalue weighted by atomic mass is 35.5. The zero-order valence-electron chi connectivity index (χ0n) is 8.96. The topological polar surface area (TPSA) is 38.0 Å². The van der Waals surface area contributed by atoms with E-state index < -0.39 is 0 Å². The molecule has 1 heterocycles. The molecule has 0 amide bonds. The number of hydrogen-bond acceptors (Lipinski definition) is 3. The first-order valence-corrected chi connectivity index (χ1v) is 6.19. The van der Waals surface area contributed by atoms with Gasteiger partial charge in [-0.3, -0.25) is 0 Å². The van der Waals surface area contributed by atoms with Crippen molar-refractivity contribution in [3.8, 4) is 0 Å². The highest BCUT2D eigenvalue weighted by Crippen LogP contribution is 2.24. The smallest absolute Gasteiger partial charge is 0.0577 e. The van der Waals surface area contributed by atoms with Gasteiger partial charge in [-0.25, -0.2) is 0 Å². The fourth-order valence-corrected chi connectivity index (χ4v) is 2.47. The fraction of sp³-hybridized carbons (Fsp3) is 0.167. The van der Waals surface area contributed by atoms with Gasteiger partial charge in [-0.2, -0.15) is 0 Å². The van der Waals surface area contributed by atoms with Crippen LogP contribution in [0.2, 0.25) is 5.02 Å². The Labute approximate surface area is 104 Å². The summed E-state index contributed by atoms with van der Waals surface area (Å²) >= 11 is 7.62. The number of nitrogens with one attached hydrogen (secondary N) is 1. The number of anilines is 2. The SMILES string of the molecule is Cc1ccc(CNc2ccc(Cl)cc2N)s1. The number of nitrogens with two attached hydrogens (primary N) is 1. The molecular formula is C12H13ClN2S. The van der Waals surface area contributed by atoms with Gasteiger partial charge in [-0.05, 0) is 37.3 Å². The molecule has 0 atom stereocenters. The molecule has 0 aliphatic heterocycles. The standard InChI is InChI=1S/C12H13ClN2S/c1-8-2-4-10(16-8)7-15-12-5-3-9(13)6-11(12)14/h2-6,15H,7,14H2,1H3. The van der Waals surface area contributed by atoms with Crippen molar-refractivity contribution in [3.05, 3.63) is 45.1 Å². The second-order valence-electron chi connectivity index (χ2n) is 3.60. The first kappa shape index (κ1) is 11.3. The van der Waals surface area contributed by atoms with Gasteiger partial charge in [-0.1, -0.05) is 11.6 Å². The number of halogens is 1. The van der Waals surface area contributed by atoms with E-state index in [1.807, 2.05) is 12.1 Å². The van der Waals surface area contributed by atoms with Gasteiger partial charge in [0.1, 0.15) is 0 Å². The summed E-state index contributed by atoms with van der Waals surface area (Å²) in [5, 5.41) is 3.96. The second-order valence-corrected chi connectivity index (χ2v) is 5.41. The zero-order chi connectivity index (χ0) is 11.5. The maximum Gasteiger partial charge on any atom is 0.0577 e. The molecule has 0 spiro atoms. The van der Waals surface area contributed by atoms with Crippen molar-refractivity contribution in [2.75, 3.05) is 11.1 Å². The number of rotatable bonds is 3. The summed E-state index contributed by atoms with van der Waals surface area (Å²) in [5.41, 5.74) is 7.45. The predicted molar refractivity (Wildman–Crippen MR) is 72.2 cm³/mol. The number of hydrogen-bond donors (Lipinski definition) is 2. The highest BCUT2D eigenvalue weighted by Gasteiger charge is 2.01. The Balaban J connectivity index is 2.04. The van der Waals surface area contributed by atoms with E-state index in [-0.39, 0.29) is 0 Å². The Hall–Kier alpha value is -1.19. The van der Waals surface area contributed by atoms with Crippen LogP contribution in [-0.2, 0) is 6.54 Å². The van der Waals surface area contributed by atoms with Crippen LogP contribution < -0.4 is 11.1 Å². The molecule has 3 N–H and O–H groups in total. The third kappa shape index (κ3) is 2.68. The Morgan fingerprint density at radius 2 is 2.12 bits per heavy atom. The van der Waals surface area contributed by atoms with Crippen molar-refractivity contribution < 1.29 is 0 Å². The van der Waals surface area contributed by atoms with Gasteiger partial charge in [0.25, 0.3) is 0 Å². The molecule has 16 heavy (non-hydrogen) atoms. The monoisotopic (exact) mass is 252 g/mol. The maximum atomic E-state index is 5.85. The Morgan fingerprint density at radius 3 is 2.75 bits per heavy atom. The summed E-state index contributed by atoms with van der Waals surface area (Å²) in [5.74, 6) is 0. The molecule has 84 valence electrons. The number of nitrogen functional groups attached to an aromatic ring is 1. The number of aryl methyl sites for hydroxylation is 1. The number of thiophene rings is 1. The van der Waals surface area contributed by atoms with E-state index in [9.17, 15) is 0 Å². The van der Waals surface area contributed by atoms with E-state index in [0.717, 1.165) is 12.2 Å². The molecule has 0 aliphatic rings. The van der Waals surface area contributed by atoms with E-state index in [2.05, 4.69) is 24.4 Å². The lowest BCUT2D eigenvalue weighted by atomic mass is 10.2. The normalized spacial score (nSPS) is 10.4. The van der Waals surface area contributed by atoms with E-state index in [1.165, 1.54) is 9.75 Å². The Kier molecular flexibility index (Phi) is 3.36. The average molecular weight is 253 g/mol. The van der Waals surface area contributed by atoms with Gasteiger partial charge >= 0.3 is 0 Å². The first-order valence-electron chi connectivity index (χ1n) is 4.99. The van der Waals surface area contributed by atoms with Crippen LogP contribution in [-0.4, -0.2) is 0 Å². The summed E-state index contributed by atoms with van der Waals surface area (Å²) in [4.78, 5) is 2.62. The molecule has 2 rings (SSSR count). The van der Waals surface area contributed by atoms with Crippen LogP contribution in [0.4, 0.5) is 11.4 Å². The third-order valence-electron chi connectivity index (χ3n) is 2.26. The van der Waals surface area contributed by atoms with Gasteiger partial charge in [0.15, 0.2) is 0 Å². The van der Waals surface area contributed by atoms with Gasteiger partial charge in [0.05, 0.1) is 11.4 Å². The Morgan fingerprint density at radius 1 is 1.31 bits per heavy atom. The van der Waals surface area contributed by atoms with E-state index >= 15 is 0 Å². The zero-order valence-corrected chi connectivity index (χ0v) is 10.5. The van der Waals surface area contributed by atoms with E-state index in [1.54, 1.807) is 17.4 Å². The van der Waals surface area contributed by atoms with Crippen LogP contribution in [0, 0.1) is 6.92 Å². The van der Waals surface area contributed by atoms with Crippen LogP contribution in [0.25, 0.3) is 0 Å². The molecule has 0 radical (unpaired) electrons. The molecule has 1 aromatic heterocycles.